The quantitative estimate of drug-likeness (QED) is 0.372. The molecule has 0 saturated heterocycles. The molecule has 2 fully saturated rings. The molecule has 0 aromatic rings. The van der Waals surface area contributed by atoms with Crippen LogP contribution in [0.1, 0.15) is 118 Å². The topological polar surface area (TPSA) is 0 Å². The molecular formula is C24H46. The third-order valence-corrected chi connectivity index (χ3v) is 7.76. The van der Waals surface area contributed by atoms with Crippen LogP contribution >= 0.6 is 0 Å². The fourth-order valence-electron chi connectivity index (χ4n) is 5.92. The van der Waals surface area contributed by atoms with Gasteiger partial charge in [0.25, 0.3) is 0 Å². The highest BCUT2D eigenvalue weighted by atomic mass is 14.4. The van der Waals surface area contributed by atoms with Gasteiger partial charge in [-0.3, -0.25) is 0 Å². The van der Waals surface area contributed by atoms with Crippen LogP contribution in [-0.2, 0) is 0 Å². The van der Waals surface area contributed by atoms with Gasteiger partial charge in [0.2, 0.25) is 0 Å². The van der Waals surface area contributed by atoms with Gasteiger partial charge in [-0.05, 0) is 61.2 Å². The molecule has 0 aromatic heterocycles. The predicted molar refractivity (Wildman–Crippen MR) is 108 cm³/mol. The molecule has 4 unspecified atom stereocenters. The lowest BCUT2D eigenvalue weighted by molar-refractivity contribution is 0.133. The molecule has 2 aliphatic rings. The Morgan fingerprint density at radius 2 is 1.54 bits per heavy atom. The Morgan fingerprint density at radius 3 is 2.21 bits per heavy atom. The van der Waals surface area contributed by atoms with Crippen molar-refractivity contribution in [1.82, 2.24) is 0 Å². The maximum atomic E-state index is 2.54. The van der Waals surface area contributed by atoms with E-state index in [1.807, 2.05) is 0 Å². The van der Waals surface area contributed by atoms with Crippen LogP contribution < -0.4 is 0 Å². The minimum absolute atomic E-state index is 0.988. The van der Waals surface area contributed by atoms with Gasteiger partial charge < -0.3 is 0 Å². The number of hydrogen-bond donors (Lipinski definition) is 0. The van der Waals surface area contributed by atoms with Crippen LogP contribution in [0.25, 0.3) is 0 Å². The van der Waals surface area contributed by atoms with Gasteiger partial charge in [0.05, 0.1) is 0 Å². The Kier molecular flexibility index (Phi) is 9.20. The Labute approximate surface area is 153 Å². The first kappa shape index (κ1) is 20.3. The maximum absolute atomic E-state index is 2.54. The summed E-state index contributed by atoms with van der Waals surface area (Å²) in [5, 5.41) is 0. The van der Waals surface area contributed by atoms with Crippen LogP contribution in [0.4, 0.5) is 0 Å². The maximum Gasteiger partial charge on any atom is -0.0386 e. The Bertz CT molecular complexity index is 312. The van der Waals surface area contributed by atoms with E-state index in [1.165, 1.54) is 51.4 Å². The molecule has 0 amide bonds. The predicted octanol–water partition coefficient (Wildman–Crippen LogP) is 8.25. The number of hydrogen-bond acceptors (Lipinski definition) is 0. The summed E-state index contributed by atoms with van der Waals surface area (Å²) >= 11 is 0. The van der Waals surface area contributed by atoms with Gasteiger partial charge in [-0.25, -0.2) is 0 Å². The fraction of sp³-hybridized carbons (Fsp3) is 1.00. The van der Waals surface area contributed by atoms with Crippen molar-refractivity contribution in [3.05, 3.63) is 0 Å². The van der Waals surface area contributed by atoms with Crippen molar-refractivity contribution in [1.29, 1.82) is 0 Å². The number of rotatable bonds is 9. The van der Waals surface area contributed by atoms with E-state index in [9.17, 15) is 0 Å². The zero-order valence-corrected chi connectivity index (χ0v) is 17.4. The first-order valence-electron chi connectivity index (χ1n) is 11.6. The molecule has 0 aromatic carbocycles. The summed E-state index contributed by atoms with van der Waals surface area (Å²) in [6.07, 6.45) is 21.0. The largest absolute Gasteiger partial charge is 0.0654 e. The van der Waals surface area contributed by atoms with Crippen molar-refractivity contribution in [2.45, 2.75) is 118 Å². The Balaban J connectivity index is 1.67. The van der Waals surface area contributed by atoms with Crippen molar-refractivity contribution < 1.29 is 0 Å². The molecule has 2 saturated carbocycles. The van der Waals surface area contributed by atoms with Crippen molar-refractivity contribution in [3.63, 3.8) is 0 Å². The highest BCUT2D eigenvalue weighted by molar-refractivity contribution is 4.82. The second-order valence-electron chi connectivity index (χ2n) is 9.69. The first-order valence-corrected chi connectivity index (χ1v) is 11.6. The molecule has 24 heavy (non-hydrogen) atoms. The van der Waals surface area contributed by atoms with Crippen LogP contribution in [0.5, 0.6) is 0 Å². The fourth-order valence-corrected chi connectivity index (χ4v) is 5.92. The molecule has 2 rings (SSSR count). The number of unbranched alkanes of at least 4 members (excludes halogenated alkanes) is 2. The zero-order valence-electron chi connectivity index (χ0n) is 17.4. The van der Waals surface area contributed by atoms with Gasteiger partial charge in [-0.15, -0.1) is 0 Å². The highest BCUT2D eigenvalue weighted by Crippen LogP contribution is 2.43. The molecule has 0 heteroatoms. The monoisotopic (exact) mass is 334 g/mol. The minimum Gasteiger partial charge on any atom is -0.0654 e. The average Bonchev–Trinajstić information content (AvgIpc) is 2.59. The molecular weight excluding hydrogens is 288 g/mol. The summed E-state index contributed by atoms with van der Waals surface area (Å²) < 4.78 is 0. The lowest BCUT2D eigenvalue weighted by atomic mass is 9.68. The lowest BCUT2D eigenvalue weighted by Crippen LogP contribution is -2.26. The summed E-state index contributed by atoms with van der Waals surface area (Å²) in [5.74, 6) is 6.23. The van der Waals surface area contributed by atoms with Crippen molar-refractivity contribution in [2.75, 3.05) is 0 Å². The Hall–Kier alpha value is 0. The summed E-state index contributed by atoms with van der Waals surface area (Å²) in [5.41, 5.74) is 0. The summed E-state index contributed by atoms with van der Waals surface area (Å²) in [4.78, 5) is 0. The van der Waals surface area contributed by atoms with E-state index >= 15 is 0 Å². The van der Waals surface area contributed by atoms with Gasteiger partial charge in [-0.2, -0.15) is 0 Å². The van der Waals surface area contributed by atoms with E-state index in [4.69, 9.17) is 0 Å². The lowest BCUT2D eigenvalue weighted by Gasteiger charge is -2.38. The van der Waals surface area contributed by atoms with Gasteiger partial charge in [-0.1, -0.05) is 91.9 Å². The third kappa shape index (κ3) is 6.38. The van der Waals surface area contributed by atoms with Gasteiger partial charge in [0, 0.05) is 0 Å². The second-order valence-corrected chi connectivity index (χ2v) is 9.69. The minimum atomic E-state index is 0.988. The molecule has 0 aliphatic heterocycles. The molecule has 0 spiro atoms. The smallest absolute Gasteiger partial charge is 0.0386 e. The first-order chi connectivity index (χ1) is 11.6. The molecule has 0 N–H and O–H groups in total. The van der Waals surface area contributed by atoms with Crippen molar-refractivity contribution >= 4 is 0 Å². The Morgan fingerprint density at radius 1 is 0.833 bits per heavy atom. The summed E-state index contributed by atoms with van der Waals surface area (Å²) in [6.45, 7) is 9.76. The molecule has 0 radical (unpaired) electrons. The van der Waals surface area contributed by atoms with Crippen LogP contribution in [-0.4, -0.2) is 0 Å². The van der Waals surface area contributed by atoms with Crippen LogP contribution in [0, 0.1) is 35.5 Å². The van der Waals surface area contributed by atoms with Gasteiger partial charge in [0.15, 0.2) is 0 Å². The van der Waals surface area contributed by atoms with Crippen LogP contribution in [0.3, 0.4) is 0 Å². The average molecular weight is 335 g/mol. The van der Waals surface area contributed by atoms with Gasteiger partial charge in [0.1, 0.15) is 0 Å². The second kappa shape index (κ2) is 10.9. The van der Waals surface area contributed by atoms with Crippen LogP contribution in [0.15, 0.2) is 0 Å². The van der Waals surface area contributed by atoms with Crippen LogP contribution in [0.2, 0.25) is 0 Å². The zero-order chi connectivity index (χ0) is 17.4. The molecule has 142 valence electrons. The molecule has 0 bridgehead atoms. The van der Waals surface area contributed by atoms with E-state index in [2.05, 4.69) is 27.7 Å². The van der Waals surface area contributed by atoms with Gasteiger partial charge >= 0.3 is 0 Å². The standard InChI is InChI=1S/C24H46/c1-5-7-8-10-19(3)23-15-13-21(14-16-23)17-22-12-11-20(4)24(18-22)9-6-2/h19-24H,5-18H2,1-4H3. The summed E-state index contributed by atoms with van der Waals surface area (Å²) in [7, 11) is 0. The third-order valence-electron chi connectivity index (χ3n) is 7.76. The van der Waals surface area contributed by atoms with E-state index in [-0.39, 0.29) is 0 Å². The SMILES string of the molecule is CCCCCC(C)C1CCC(CC2CCC(C)C(CCC)C2)CC1. The molecule has 0 heterocycles. The van der Waals surface area contributed by atoms with Crippen molar-refractivity contribution in [2.24, 2.45) is 35.5 Å². The molecule has 0 nitrogen and oxygen atoms in total. The van der Waals surface area contributed by atoms with E-state index < -0.39 is 0 Å². The van der Waals surface area contributed by atoms with E-state index in [0.29, 0.717) is 0 Å². The highest BCUT2D eigenvalue weighted by Gasteiger charge is 2.31. The van der Waals surface area contributed by atoms with E-state index in [0.717, 1.165) is 35.5 Å². The van der Waals surface area contributed by atoms with Crippen molar-refractivity contribution in [3.8, 4) is 0 Å². The van der Waals surface area contributed by atoms with E-state index in [1.54, 1.807) is 38.5 Å². The summed E-state index contributed by atoms with van der Waals surface area (Å²) in [6, 6.07) is 0. The normalized spacial score (nSPS) is 35.8. The molecule has 2 aliphatic carbocycles. The molecule has 4 atom stereocenters.